The normalized spacial score (nSPS) is 13.6. The zero-order valence-electron chi connectivity index (χ0n) is 24.1. The Morgan fingerprint density at radius 3 is 1.02 bits per heavy atom. The number of aromatic nitrogens is 2. The van der Waals surface area contributed by atoms with Gasteiger partial charge in [0.25, 0.3) is 20.0 Å². The van der Waals surface area contributed by atoms with Crippen LogP contribution in [0.2, 0.25) is 0 Å². The number of pyridine rings is 2. The predicted octanol–water partition coefficient (Wildman–Crippen LogP) is -2.53. The molecule has 2 aromatic heterocycles. The number of aliphatic hydroxyl groups is 4. The third-order valence-electron chi connectivity index (χ3n) is 5.57. The van der Waals surface area contributed by atoms with Crippen molar-refractivity contribution in [3.8, 4) is 0 Å². The predicted molar refractivity (Wildman–Crippen MR) is 160 cm³/mol. The van der Waals surface area contributed by atoms with Crippen molar-refractivity contribution >= 4 is 31.8 Å². The van der Waals surface area contributed by atoms with E-state index in [4.69, 9.17) is 20.4 Å². The molecule has 19 heteroatoms. The number of nitrogens with zero attached hydrogens (tertiary/aromatic N) is 4. The molecule has 0 fully saturated rings. The molecule has 1 radical (unpaired) electrons. The first kappa shape index (κ1) is 42.9. The van der Waals surface area contributed by atoms with Crippen LogP contribution in [0.4, 0.5) is 0 Å². The summed E-state index contributed by atoms with van der Waals surface area (Å²) in [7, 11) is -7.36. The van der Waals surface area contributed by atoms with Crippen LogP contribution >= 0.6 is 0 Å². The van der Waals surface area contributed by atoms with Gasteiger partial charge in [-0.15, -0.1) is 0 Å². The number of aliphatic hydroxyl groups excluding tert-OH is 4. The summed E-state index contributed by atoms with van der Waals surface area (Å²) in [5, 5.41) is 56.3. The van der Waals surface area contributed by atoms with Crippen LogP contribution in [0.1, 0.15) is 33.9 Å². The minimum Gasteiger partial charge on any atom is -0.858 e. The average Bonchev–Trinajstić information content (AvgIpc) is 3.43. The van der Waals surface area contributed by atoms with E-state index >= 15 is 0 Å². The fraction of sp³-hybridized carbons (Fsp3) is 0.143. The maximum absolute atomic E-state index is 11.1. The first-order valence-corrected chi connectivity index (χ1v) is 15.4. The molecule has 16 nitrogen and oxygen atoms in total. The Morgan fingerprint density at radius 2 is 0.766 bits per heavy atom. The number of rotatable bonds is 4. The second-order valence-electron chi connectivity index (χ2n) is 8.61. The third kappa shape index (κ3) is 11.6. The number of hydrogen-bond donors (Lipinski definition) is 4. The largest absolute Gasteiger partial charge is 2.00 e. The molecule has 4 aromatic rings. The van der Waals surface area contributed by atoms with Gasteiger partial charge in [0.05, 0.1) is 59.0 Å². The first-order chi connectivity index (χ1) is 20.9. The molecule has 0 aliphatic carbocycles. The molecule has 0 amide bonds. The summed E-state index contributed by atoms with van der Waals surface area (Å²) in [4.78, 5) is 7.84. The fourth-order valence-electron chi connectivity index (χ4n) is 3.56. The Morgan fingerprint density at radius 1 is 0.489 bits per heavy atom. The topological polar surface area (TPSA) is 309 Å². The molecule has 4 heterocycles. The van der Waals surface area contributed by atoms with E-state index < -0.39 is 31.8 Å². The average molecular weight is 742 g/mol. The Balaban J connectivity index is 0.000000590. The van der Waals surface area contributed by atoms with Crippen LogP contribution in [-0.4, -0.2) is 70.0 Å². The van der Waals surface area contributed by atoms with Crippen molar-refractivity contribution in [3.63, 3.8) is 0 Å². The smallest absolute Gasteiger partial charge is 0.858 e. The van der Waals surface area contributed by atoms with Crippen LogP contribution in [0.25, 0.3) is 0 Å². The molecule has 8 N–H and O–H groups in total. The van der Waals surface area contributed by atoms with Crippen LogP contribution in [0.3, 0.4) is 0 Å². The molecule has 0 unspecified atom stereocenters. The molecule has 6 rings (SSSR count). The summed E-state index contributed by atoms with van der Waals surface area (Å²) >= 11 is 0. The van der Waals surface area contributed by atoms with Crippen LogP contribution in [0, 0.1) is 0 Å². The standard InChI is InChI=1S/2C7H5NO3S.2C7H9NO2.Cu.2H2O/c2*9-7-5-3-1-2-4-6(5)12(10,11)8-7;2*9-4-6-2-1-3-7(5-10)8-6;;;/h2*1-4H,(H,8,9);2*1-3,9-10H,4-5H2;;2*1H2/q;;;;+2;;/p-2. The summed E-state index contributed by atoms with van der Waals surface area (Å²) < 4.78 is 50.3. The van der Waals surface area contributed by atoms with Gasteiger partial charge in [-0.25, -0.2) is 0 Å². The summed E-state index contributed by atoms with van der Waals surface area (Å²) in [6.07, 6.45) is 0. The maximum atomic E-state index is 11.1. The quantitative estimate of drug-likeness (QED) is 0.157. The van der Waals surface area contributed by atoms with E-state index in [1.54, 1.807) is 60.7 Å². The minimum atomic E-state index is -3.68. The van der Waals surface area contributed by atoms with Crippen LogP contribution < -0.4 is 10.2 Å². The molecule has 0 atom stereocenters. The van der Waals surface area contributed by atoms with Gasteiger partial charge >= 0.3 is 17.1 Å². The monoisotopic (exact) mass is 741 g/mol. The van der Waals surface area contributed by atoms with Crippen molar-refractivity contribution in [2.75, 3.05) is 0 Å². The molecular weight excluding hydrogens is 712 g/mol. The summed E-state index contributed by atoms with van der Waals surface area (Å²) in [6, 6.07) is 22.3. The number of hydrogen-bond acceptors (Lipinski definition) is 12. The minimum absolute atomic E-state index is 0. The Bertz CT molecular complexity index is 1710. The number of benzene rings is 2. The van der Waals surface area contributed by atoms with Crippen molar-refractivity contribution in [3.05, 3.63) is 119 Å². The third-order valence-corrected chi connectivity index (χ3v) is 8.21. The Hall–Kier alpha value is -4.14. The van der Waals surface area contributed by atoms with E-state index in [-0.39, 0.29) is 75.4 Å². The van der Waals surface area contributed by atoms with Crippen LogP contribution in [-0.2, 0) is 63.5 Å². The molecule has 2 aromatic carbocycles. The van der Waals surface area contributed by atoms with Crippen molar-refractivity contribution in [1.82, 2.24) is 9.97 Å². The zero-order valence-corrected chi connectivity index (χ0v) is 26.6. The van der Waals surface area contributed by atoms with E-state index in [0.29, 0.717) is 22.8 Å². The molecule has 47 heavy (non-hydrogen) atoms. The summed E-state index contributed by atoms with van der Waals surface area (Å²) in [5.74, 6) is -1.35. The van der Waals surface area contributed by atoms with E-state index in [1.165, 1.54) is 24.3 Å². The van der Waals surface area contributed by atoms with Gasteiger partial charge in [0.1, 0.15) is 0 Å². The SMILES string of the molecule is O.O.O=S1(=O)N=C([O-])c2ccccc21.O=S1(=O)N=C([O-])c2ccccc21.OCc1cccc(CO)n1.OCc1cccc(CO)n1.[Cu+2]. The van der Waals surface area contributed by atoms with Gasteiger partial charge in [-0.05, 0) is 36.4 Å². The molecule has 2 aliphatic rings. The van der Waals surface area contributed by atoms with Gasteiger partial charge in [-0.1, -0.05) is 48.5 Å². The second kappa shape index (κ2) is 19.5. The number of sulfonamides is 2. The van der Waals surface area contributed by atoms with Gasteiger partial charge < -0.3 is 41.6 Å². The summed E-state index contributed by atoms with van der Waals surface area (Å²) in [5.41, 5.74) is 2.69. The molecule has 2 aliphatic heterocycles. The Kier molecular flexibility index (Phi) is 17.8. The molecule has 0 bridgehead atoms. The number of fused-ring (bicyclic) bond motifs is 2. The molecule has 257 valence electrons. The fourth-order valence-corrected chi connectivity index (χ4v) is 5.76. The zero-order chi connectivity index (χ0) is 32.3. The van der Waals surface area contributed by atoms with Crippen molar-refractivity contribution in [2.45, 2.75) is 36.2 Å². The Labute approximate surface area is 280 Å². The van der Waals surface area contributed by atoms with Gasteiger partial charge in [0, 0.05) is 22.9 Å². The van der Waals surface area contributed by atoms with Crippen LogP contribution in [0.15, 0.2) is 104 Å². The van der Waals surface area contributed by atoms with E-state index in [0.717, 1.165) is 0 Å². The van der Waals surface area contributed by atoms with Crippen molar-refractivity contribution in [1.29, 1.82) is 0 Å². The van der Waals surface area contributed by atoms with E-state index in [2.05, 4.69) is 18.8 Å². The molecule has 0 saturated carbocycles. The molecule has 0 saturated heterocycles. The first-order valence-electron chi connectivity index (χ1n) is 12.5. The van der Waals surface area contributed by atoms with E-state index in [1.807, 2.05) is 0 Å². The van der Waals surface area contributed by atoms with Crippen LogP contribution in [0.5, 0.6) is 0 Å². The second-order valence-corrected chi connectivity index (χ2v) is 11.8. The molecular formula is C28H30CuN4O12S2. The van der Waals surface area contributed by atoms with E-state index in [9.17, 15) is 27.0 Å². The summed E-state index contributed by atoms with van der Waals surface area (Å²) in [6.45, 7) is -0.302. The van der Waals surface area contributed by atoms with Crippen molar-refractivity contribution < 1.29 is 75.5 Å². The van der Waals surface area contributed by atoms with Gasteiger partial charge in [-0.3, -0.25) is 9.97 Å². The van der Waals surface area contributed by atoms with Crippen molar-refractivity contribution in [2.24, 2.45) is 8.80 Å². The molecule has 0 spiro atoms. The van der Waals surface area contributed by atoms with Gasteiger partial charge in [0.15, 0.2) is 0 Å². The van der Waals surface area contributed by atoms with Gasteiger partial charge in [0.2, 0.25) is 0 Å². The van der Waals surface area contributed by atoms with Gasteiger partial charge in [-0.2, -0.15) is 25.6 Å². The maximum Gasteiger partial charge on any atom is 2.00 e.